The van der Waals surface area contributed by atoms with E-state index in [2.05, 4.69) is 6.07 Å². The van der Waals surface area contributed by atoms with Gasteiger partial charge in [0.25, 0.3) is 0 Å². The van der Waals surface area contributed by atoms with Gasteiger partial charge in [-0.15, -0.1) is 11.3 Å². The molecule has 2 aromatic rings. The Hall–Kier alpha value is -1.48. The monoisotopic (exact) mass is 220 g/mol. The Morgan fingerprint density at radius 1 is 1.07 bits per heavy atom. The molecule has 3 heteroatoms. The molecule has 78 valence electrons. The number of thiophene rings is 1. The average Bonchev–Trinajstić information content (AvgIpc) is 2.80. The third kappa shape index (κ3) is 2.73. The van der Waals surface area contributed by atoms with Gasteiger partial charge in [0.1, 0.15) is 18.1 Å². The maximum Gasteiger partial charge on any atom is 0.122 e. The molecule has 0 unspecified atom stereocenters. The molecule has 1 aromatic heterocycles. The van der Waals surface area contributed by atoms with Crippen LogP contribution in [0.15, 0.2) is 41.8 Å². The highest BCUT2D eigenvalue weighted by molar-refractivity contribution is 7.09. The van der Waals surface area contributed by atoms with Crippen molar-refractivity contribution in [3.63, 3.8) is 0 Å². The largest absolute Gasteiger partial charge is 0.497 e. The second kappa shape index (κ2) is 4.84. The summed E-state index contributed by atoms with van der Waals surface area (Å²) in [4.78, 5) is 1.23. The number of benzene rings is 1. The first-order valence-corrected chi connectivity index (χ1v) is 5.55. The third-order valence-corrected chi connectivity index (χ3v) is 2.87. The predicted molar refractivity (Wildman–Crippen MR) is 61.6 cm³/mol. The van der Waals surface area contributed by atoms with Gasteiger partial charge in [-0.3, -0.25) is 0 Å². The second-order valence-electron chi connectivity index (χ2n) is 3.04. The average molecular weight is 220 g/mol. The number of methoxy groups -OCH3 is 1. The molecule has 1 heterocycles. The van der Waals surface area contributed by atoms with Crippen LogP contribution >= 0.6 is 11.3 Å². The van der Waals surface area contributed by atoms with Crippen LogP contribution in [0.5, 0.6) is 11.5 Å². The Balaban J connectivity index is 1.93. The molecule has 0 radical (unpaired) electrons. The molecule has 0 atom stereocenters. The lowest BCUT2D eigenvalue weighted by atomic mass is 10.3. The van der Waals surface area contributed by atoms with Crippen LogP contribution < -0.4 is 9.47 Å². The lowest BCUT2D eigenvalue weighted by Crippen LogP contribution is -1.92. The van der Waals surface area contributed by atoms with Crippen molar-refractivity contribution in [2.24, 2.45) is 0 Å². The number of hydrogen-bond acceptors (Lipinski definition) is 3. The highest BCUT2D eigenvalue weighted by Crippen LogP contribution is 2.19. The van der Waals surface area contributed by atoms with Crippen molar-refractivity contribution in [1.29, 1.82) is 0 Å². The summed E-state index contributed by atoms with van der Waals surface area (Å²) in [5, 5.41) is 2.05. The quantitative estimate of drug-likeness (QED) is 0.786. The molecular formula is C12H12O2S. The maximum atomic E-state index is 5.60. The summed E-state index contributed by atoms with van der Waals surface area (Å²) >= 11 is 1.70. The maximum absolute atomic E-state index is 5.60. The minimum Gasteiger partial charge on any atom is -0.497 e. The van der Waals surface area contributed by atoms with E-state index in [1.54, 1.807) is 18.4 Å². The van der Waals surface area contributed by atoms with Gasteiger partial charge in [0.2, 0.25) is 0 Å². The van der Waals surface area contributed by atoms with Crippen molar-refractivity contribution in [3.05, 3.63) is 46.7 Å². The summed E-state index contributed by atoms with van der Waals surface area (Å²) in [5.74, 6) is 1.71. The van der Waals surface area contributed by atoms with Gasteiger partial charge in [-0.25, -0.2) is 0 Å². The van der Waals surface area contributed by atoms with Gasteiger partial charge < -0.3 is 9.47 Å². The van der Waals surface area contributed by atoms with Gasteiger partial charge in [0.05, 0.1) is 7.11 Å². The van der Waals surface area contributed by atoms with E-state index in [0.29, 0.717) is 6.61 Å². The number of hydrogen-bond donors (Lipinski definition) is 0. The van der Waals surface area contributed by atoms with Gasteiger partial charge in [0, 0.05) is 4.88 Å². The van der Waals surface area contributed by atoms with Crippen molar-refractivity contribution in [2.45, 2.75) is 6.61 Å². The topological polar surface area (TPSA) is 18.5 Å². The molecular weight excluding hydrogens is 208 g/mol. The van der Waals surface area contributed by atoms with E-state index in [4.69, 9.17) is 9.47 Å². The van der Waals surface area contributed by atoms with Gasteiger partial charge in [-0.1, -0.05) is 6.07 Å². The Morgan fingerprint density at radius 2 is 1.80 bits per heavy atom. The first kappa shape index (κ1) is 10.1. The van der Waals surface area contributed by atoms with E-state index in [1.165, 1.54) is 4.88 Å². The third-order valence-electron chi connectivity index (χ3n) is 2.02. The summed E-state index contributed by atoms with van der Waals surface area (Å²) in [6.45, 7) is 0.629. The van der Waals surface area contributed by atoms with E-state index < -0.39 is 0 Å². The molecule has 15 heavy (non-hydrogen) atoms. The Labute approximate surface area is 93.1 Å². The summed E-state index contributed by atoms with van der Waals surface area (Å²) in [6, 6.07) is 11.7. The van der Waals surface area contributed by atoms with Gasteiger partial charge in [-0.05, 0) is 35.7 Å². The molecule has 0 N–H and O–H groups in total. The van der Waals surface area contributed by atoms with Gasteiger partial charge >= 0.3 is 0 Å². The molecule has 0 saturated carbocycles. The fourth-order valence-electron chi connectivity index (χ4n) is 1.22. The normalized spacial score (nSPS) is 9.93. The van der Waals surface area contributed by atoms with Crippen LogP contribution in [0.25, 0.3) is 0 Å². The van der Waals surface area contributed by atoms with Crippen molar-refractivity contribution in [3.8, 4) is 11.5 Å². The van der Waals surface area contributed by atoms with E-state index in [9.17, 15) is 0 Å². The Bertz CT molecular complexity index is 392. The smallest absolute Gasteiger partial charge is 0.122 e. The van der Waals surface area contributed by atoms with E-state index >= 15 is 0 Å². The molecule has 0 fully saturated rings. The highest BCUT2D eigenvalue weighted by Gasteiger charge is 1.97. The second-order valence-corrected chi connectivity index (χ2v) is 4.08. The number of rotatable bonds is 4. The van der Waals surface area contributed by atoms with Crippen molar-refractivity contribution in [2.75, 3.05) is 7.11 Å². The van der Waals surface area contributed by atoms with Crippen LogP contribution in [0.3, 0.4) is 0 Å². The van der Waals surface area contributed by atoms with Crippen LogP contribution in [-0.2, 0) is 6.61 Å². The van der Waals surface area contributed by atoms with E-state index in [0.717, 1.165) is 11.5 Å². The molecule has 2 rings (SSSR count). The van der Waals surface area contributed by atoms with Crippen LogP contribution in [0.1, 0.15) is 4.88 Å². The zero-order valence-electron chi connectivity index (χ0n) is 8.47. The highest BCUT2D eigenvalue weighted by atomic mass is 32.1. The molecule has 0 amide bonds. The Kier molecular flexibility index (Phi) is 3.25. The molecule has 0 aliphatic rings. The van der Waals surface area contributed by atoms with Gasteiger partial charge in [-0.2, -0.15) is 0 Å². The molecule has 1 aromatic carbocycles. The SMILES string of the molecule is COc1ccc(OCc2cccs2)cc1. The predicted octanol–water partition coefficient (Wildman–Crippen LogP) is 3.34. The lowest BCUT2D eigenvalue weighted by molar-refractivity contribution is 0.309. The van der Waals surface area contributed by atoms with Crippen molar-refractivity contribution in [1.82, 2.24) is 0 Å². The lowest BCUT2D eigenvalue weighted by Gasteiger charge is -2.05. The zero-order chi connectivity index (χ0) is 10.5. The summed E-state index contributed by atoms with van der Waals surface area (Å²) < 4.78 is 10.7. The molecule has 0 bridgehead atoms. The van der Waals surface area contributed by atoms with Crippen molar-refractivity contribution < 1.29 is 9.47 Å². The molecule has 0 aliphatic heterocycles. The minimum absolute atomic E-state index is 0.629. The van der Waals surface area contributed by atoms with Crippen LogP contribution in [0.2, 0.25) is 0 Å². The fraction of sp³-hybridized carbons (Fsp3) is 0.167. The zero-order valence-corrected chi connectivity index (χ0v) is 9.29. The first-order valence-electron chi connectivity index (χ1n) is 4.68. The standard InChI is InChI=1S/C12H12O2S/c1-13-10-4-6-11(7-5-10)14-9-12-3-2-8-15-12/h2-8H,9H2,1H3. The van der Waals surface area contributed by atoms with Gasteiger partial charge in [0.15, 0.2) is 0 Å². The summed E-state index contributed by atoms with van der Waals surface area (Å²) in [6.07, 6.45) is 0. The fourth-order valence-corrected chi connectivity index (χ4v) is 1.84. The van der Waals surface area contributed by atoms with E-state index in [-0.39, 0.29) is 0 Å². The van der Waals surface area contributed by atoms with Crippen LogP contribution in [0, 0.1) is 0 Å². The van der Waals surface area contributed by atoms with Crippen molar-refractivity contribution >= 4 is 11.3 Å². The first-order chi connectivity index (χ1) is 7.38. The molecule has 0 saturated heterocycles. The molecule has 0 aliphatic carbocycles. The van der Waals surface area contributed by atoms with E-state index in [1.807, 2.05) is 35.7 Å². The minimum atomic E-state index is 0.629. The van der Waals surface area contributed by atoms with Crippen LogP contribution in [-0.4, -0.2) is 7.11 Å². The number of ether oxygens (including phenoxy) is 2. The summed E-state index contributed by atoms with van der Waals surface area (Å²) in [5.41, 5.74) is 0. The Morgan fingerprint density at radius 3 is 2.40 bits per heavy atom. The molecule has 0 spiro atoms. The summed E-state index contributed by atoms with van der Waals surface area (Å²) in [7, 11) is 1.65. The van der Waals surface area contributed by atoms with Crippen LogP contribution in [0.4, 0.5) is 0 Å². The molecule has 2 nitrogen and oxygen atoms in total.